The second-order valence-electron chi connectivity index (χ2n) is 11.0. The first-order valence-electron chi connectivity index (χ1n) is 14.3. The van der Waals surface area contributed by atoms with Gasteiger partial charge in [-0.1, -0.05) is 116 Å². The van der Waals surface area contributed by atoms with Crippen molar-refractivity contribution in [2.24, 2.45) is 0 Å². The van der Waals surface area contributed by atoms with Crippen LogP contribution in [0.2, 0.25) is 0 Å². The highest BCUT2D eigenvalue weighted by Crippen LogP contribution is 2.46. The maximum Gasteiger partial charge on any atom is 0.472 e. The Bertz CT molecular complexity index is 491. The lowest BCUT2D eigenvalue weighted by Crippen LogP contribution is -2.47. The SMILES string of the molecule is CCCCCCCCCCCCCCCCCCCCOP(=O)(O)OC1CC[N+](C)(C)CC1. The van der Waals surface area contributed by atoms with E-state index in [0.717, 1.165) is 43.3 Å². The average Bonchev–Trinajstić information content (AvgIpc) is 2.76. The van der Waals surface area contributed by atoms with Crippen LogP contribution in [-0.4, -0.2) is 49.3 Å². The minimum absolute atomic E-state index is 0.146. The molecule has 0 aliphatic carbocycles. The average molecular weight is 491 g/mol. The van der Waals surface area contributed by atoms with Crippen molar-refractivity contribution in [1.29, 1.82) is 0 Å². The van der Waals surface area contributed by atoms with Crippen LogP contribution in [-0.2, 0) is 13.6 Å². The maximum atomic E-state index is 12.1. The van der Waals surface area contributed by atoms with Crippen LogP contribution in [0.4, 0.5) is 0 Å². The Morgan fingerprint density at radius 2 is 1.06 bits per heavy atom. The monoisotopic (exact) mass is 490 g/mol. The normalized spacial score (nSPS) is 18.4. The fourth-order valence-corrected chi connectivity index (χ4v) is 5.76. The summed E-state index contributed by atoms with van der Waals surface area (Å²) >= 11 is 0. The van der Waals surface area contributed by atoms with Crippen molar-refractivity contribution < 1.29 is 23.0 Å². The third-order valence-electron chi connectivity index (χ3n) is 7.15. The number of rotatable bonds is 22. The van der Waals surface area contributed by atoms with E-state index >= 15 is 0 Å². The lowest BCUT2D eigenvalue weighted by Gasteiger charge is -2.37. The number of quaternary nitrogens is 1. The van der Waals surface area contributed by atoms with Crippen LogP contribution < -0.4 is 0 Å². The van der Waals surface area contributed by atoms with E-state index in [1.165, 1.54) is 103 Å². The molecule has 1 unspecified atom stereocenters. The minimum atomic E-state index is -3.90. The van der Waals surface area contributed by atoms with Gasteiger partial charge in [0.15, 0.2) is 0 Å². The fourth-order valence-electron chi connectivity index (χ4n) is 4.75. The molecule has 1 heterocycles. The number of hydrogen-bond acceptors (Lipinski definition) is 3. The molecule has 1 aliphatic rings. The molecule has 1 aliphatic heterocycles. The number of unbranched alkanes of at least 4 members (excludes halogenated alkanes) is 17. The van der Waals surface area contributed by atoms with E-state index in [4.69, 9.17) is 9.05 Å². The Labute approximate surface area is 206 Å². The Kier molecular flexibility index (Phi) is 18.2. The van der Waals surface area contributed by atoms with Gasteiger partial charge in [-0.05, 0) is 6.42 Å². The Morgan fingerprint density at radius 3 is 1.45 bits per heavy atom. The minimum Gasteiger partial charge on any atom is -0.328 e. The van der Waals surface area contributed by atoms with Gasteiger partial charge in [-0.25, -0.2) is 4.57 Å². The number of nitrogens with zero attached hydrogens (tertiary/aromatic N) is 1. The summed E-state index contributed by atoms with van der Waals surface area (Å²) in [5.41, 5.74) is 0. The molecule has 0 radical (unpaired) electrons. The van der Waals surface area contributed by atoms with Gasteiger partial charge >= 0.3 is 7.82 Å². The summed E-state index contributed by atoms with van der Waals surface area (Å²) < 4.78 is 23.7. The lowest BCUT2D eigenvalue weighted by molar-refractivity contribution is -0.896. The molecule has 1 rings (SSSR count). The number of phosphoric acid groups is 1. The molecule has 0 aromatic carbocycles. The molecule has 0 amide bonds. The van der Waals surface area contributed by atoms with Gasteiger partial charge in [-0.15, -0.1) is 0 Å². The molecule has 198 valence electrons. The van der Waals surface area contributed by atoms with Crippen molar-refractivity contribution in [2.75, 3.05) is 33.8 Å². The summed E-state index contributed by atoms with van der Waals surface area (Å²) in [7, 11) is 0.467. The molecule has 0 saturated carbocycles. The zero-order chi connectivity index (χ0) is 24.3. The lowest BCUT2D eigenvalue weighted by atomic mass is 10.0. The van der Waals surface area contributed by atoms with Crippen molar-refractivity contribution >= 4 is 7.82 Å². The molecule has 0 aromatic heterocycles. The van der Waals surface area contributed by atoms with Gasteiger partial charge in [-0.2, -0.15) is 0 Å². The molecule has 0 bridgehead atoms. The first-order chi connectivity index (χ1) is 15.8. The van der Waals surface area contributed by atoms with E-state index in [1.54, 1.807) is 0 Å². The van der Waals surface area contributed by atoms with Crippen LogP contribution in [0.3, 0.4) is 0 Å². The van der Waals surface area contributed by atoms with Crippen molar-refractivity contribution in [3.8, 4) is 0 Å². The second-order valence-corrected chi connectivity index (χ2v) is 12.4. The largest absolute Gasteiger partial charge is 0.472 e. The summed E-state index contributed by atoms with van der Waals surface area (Å²) in [6, 6.07) is 0. The highest BCUT2D eigenvalue weighted by molar-refractivity contribution is 7.47. The summed E-state index contributed by atoms with van der Waals surface area (Å²) in [5.74, 6) is 0. The molecular weight excluding hydrogens is 433 g/mol. The van der Waals surface area contributed by atoms with Crippen LogP contribution in [0.1, 0.15) is 135 Å². The molecule has 0 spiro atoms. The molecule has 0 aromatic rings. The molecule has 1 N–H and O–H groups in total. The highest BCUT2D eigenvalue weighted by Gasteiger charge is 2.32. The van der Waals surface area contributed by atoms with Crippen LogP contribution >= 0.6 is 7.82 Å². The van der Waals surface area contributed by atoms with Crippen LogP contribution in [0.25, 0.3) is 0 Å². The van der Waals surface area contributed by atoms with Crippen LogP contribution in [0, 0.1) is 0 Å². The first kappa shape index (κ1) is 31.1. The third-order valence-corrected chi connectivity index (χ3v) is 8.22. The third kappa shape index (κ3) is 19.0. The van der Waals surface area contributed by atoms with E-state index in [2.05, 4.69) is 21.0 Å². The molecular formula is C27H57NO4P+. The van der Waals surface area contributed by atoms with Gasteiger partial charge in [0.05, 0.1) is 39.9 Å². The number of hydrogen-bond donors (Lipinski definition) is 1. The van der Waals surface area contributed by atoms with Crippen molar-refractivity contribution in [1.82, 2.24) is 0 Å². The smallest absolute Gasteiger partial charge is 0.328 e. The zero-order valence-corrected chi connectivity index (χ0v) is 23.3. The van der Waals surface area contributed by atoms with Crippen LogP contribution in [0.15, 0.2) is 0 Å². The van der Waals surface area contributed by atoms with E-state index < -0.39 is 7.82 Å². The Balaban J connectivity index is 1.80. The Morgan fingerprint density at radius 1 is 0.697 bits per heavy atom. The van der Waals surface area contributed by atoms with E-state index in [9.17, 15) is 9.46 Å². The van der Waals surface area contributed by atoms with Crippen LogP contribution in [0.5, 0.6) is 0 Å². The standard InChI is InChI=1S/C27H56NO4P/c1-4-5-6-7-8-9-10-11-12-13-14-15-16-17-18-19-20-21-26-31-33(29,30)32-27-22-24-28(2,3)25-23-27/h27H,4-26H2,1-3H3/p+1. The summed E-state index contributed by atoms with van der Waals surface area (Å²) in [6.07, 6.45) is 25.5. The topological polar surface area (TPSA) is 55.8 Å². The van der Waals surface area contributed by atoms with Gasteiger partial charge < -0.3 is 9.38 Å². The molecule has 1 fully saturated rings. The molecule has 6 heteroatoms. The summed E-state index contributed by atoms with van der Waals surface area (Å²) in [6.45, 7) is 4.55. The van der Waals surface area contributed by atoms with E-state index in [0.29, 0.717) is 6.61 Å². The van der Waals surface area contributed by atoms with E-state index in [-0.39, 0.29) is 6.10 Å². The summed E-state index contributed by atoms with van der Waals surface area (Å²) in [5, 5.41) is 0. The van der Waals surface area contributed by atoms with Gasteiger partial charge in [-0.3, -0.25) is 9.05 Å². The fraction of sp³-hybridized carbons (Fsp3) is 1.00. The zero-order valence-electron chi connectivity index (χ0n) is 22.4. The predicted octanol–water partition coefficient (Wildman–Crippen LogP) is 8.40. The van der Waals surface area contributed by atoms with Gasteiger partial charge in [0.2, 0.25) is 0 Å². The van der Waals surface area contributed by atoms with Crippen molar-refractivity contribution in [3.05, 3.63) is 0 Å². The number of piperidine rings is 1. The Hall–Kier alpha value is 0.0700. The molecule has 33 heavy (non-hydrogen) atoms. The van der Waals surface area contributed by atoms with Crippen molar-refractivity contribution in [2.45, 2.75) is 141 Å². The van der Waals surface area contributed by atoms with Gasteiger partial charge in [0, 0.05) is 12.8 Å². The molecule has 1 saturated heterocycles. The quantitative estimate of drug-likeness (QED) is 0.0940. The van der Waals surface area contributed by atoms with Gasteiger partial charge in [0.1, 0.15) is 0 Å². The second kappa shape index (κ2) is 19.3. The number of phosphoric ester groups is 1. The number of likely N-dealkylation sites (tertiary alicyclic amines) is 1. The van der Waals surface area contributed by atoms with E-state index in [1.807, 2.05) is 0 Å². The molecule has 1 atom stereocenters. The van der Waals surface area contributed by atoms with Gasteiger partial charge in [0.25, 0.3) is 0 Å². The molecule has 5 nitrogen and oxygen atoms in total. The van der Waals surface area contributed by atoms with Crippen molar-refractivity contribution in [3.63, 3.8) is 0 Å². The maximum absolute atomic E-state index is 12.1. The first-order valence-corrected chi connectivity index (χ1v) is 15.8. The highest BCUT2D eigenvalue weighted by atomic mass is 31.2. The predicted molar refractivity (Wildman–Crippen MR) is 141 cm³/mol. The summed E-state index contributed by atoms with van der Waals surface area (Å²) in [4.78, 5) is 9.95.